The van der Waals surface area contributed by atoms with E-state index in [0.29, 0.717) is 23.6 Å². The maximum atomic E-state index is 14.8. The van der Waals surface area contributed by atoms with E-state index in [1.807, 2.05) is 6.92 Å². The number of rotatable bonds is 5. The average Bonchev–Trinajstić information content (AvgIpc) is 3.39. The molecule has 3 aromatic rings. The zero-order valence-corrected chi connectivity index (χ0v) is 16.5. The standard InChI is InChI=1S/C19H16F4N6O3/c1-2-29-26-17(25-27-29)14-6-3-10(8-24-14)12-5-4-11(7-13(12)20)28-9-15(32-18(28)31)16(30)19(21,22)23/h3-8,15-16,30H,2,9H2,1H3/t15-,16?/m1/s1. The van der Waals surface area contributed by atoms with Crippen LogP contribution in [0, 0.1) is 5.82 Å². The largest absolute Gasteiger partial charge is 0.441 e. The summed E-state index contributed by atoms with van der Waals surface area (Å²) in [7, 11) is 0. The predicted octanol–water partition coefficient (Wildman–Crippen LogP) is 2.81. The van der Waals surface area contributed by atoms with Crippen molar-refractivity contribution in [2.24, 2.45) is 0 Å². The first-order valence-electron chi connectivity index (χ1n) is 9.44. The molecular weight excluding hydrogens is 436 g/mol. The van der Waals surface area contributed by atoms with Crippen LogP contribution in [-0.2, 0) is 11.3 Å². The van der Waals surface area contributed by atoms with Gasteiger partial charge in [0.25, 0.3) is 0 Å². The Morgan fingerprint density at radius 3 is 2.66 bits per heavy atom. The van der Waals surface area contributed by atoms with Crippen molar-refractivity contribution in [3.63, 3.8) is 0 Å². The Balaban J connectivity index is 1.53. The van der Waals surface area contributed by atoms with Crippen LogP contribution in [0.1, 0.15) is 6.92 Å². The van der Waals surface area contributed by atoms with Crippen molar-refractivity contribution in [3.05, 3.63) is 42.3 Å². The summed E-state index contributed by atoms with van der Waals surface area (Å²) in [6.45, 7) is 1.83. The number of aliphatic hydroxyl groups is 1. The molecule has 32 heavy (non-hydrogen) atoms. The van der Waals surface area contributed by atoms with Crippen molar-refractivity contribution in [3.8, 4) is 22.6 Å². The molecule has 0 bridgehead atoms. The lowest BCUT2D eigenvalue weighted by molar-refractivity contribution is -0.224. The molecule has 1 aliphatic rings. The van der Waals surface area contributed by atoms with E-state index in [0.717, 1.165) is 11.0 Å². The molecule has 2 atom stereocenters. The Morgan fingerprint density at radius 2 is 2.06 bits per heavy atom. The van der Waals surface area contributed by atoms with Gasteiger partial charge in [0.1, 0.15) is 11.5 Å². The van der Waals surface area contributed by atoms with Crippen molar-refractivity contribution in [1.82, 2.24) is 25.2 Å². The molecule has 0 radical (unpaired) electrons. The highest BCUT2D eigenvalue weighted by atomic mass is 19.4. The van der Waals surface area contributed by atoms with E-state index in [2.05, 4.69) is 25.1 Å². The van der Waals surface area contributed by atoms with Crippen LogP contribution in [0.25, 0.3) is 22.6 Å². The second-order valence-electron chi connectivity index (χ2n) is 6.92. The summed E-state index contributed by atoms with van der Waals surface area (Å²) >= 11 is 0. The van der Waals surface area contributed by atoms with Crippen molar-refractivity contribution in [1.29, 1.82) is 0 Å². The summed E-state index contributed by atoms with van der Waals surface area (Å²) < 4.78 is 57.4. The summed E-state index contributed by atoms with van der Waals surface area (Å²) in [4.78, 5) is 18.4. The first-order chi connectivity index (χ1) is 15.2. The van der Waals surface area contributed by atoms with Gasteiger partial charge >= 0.3 is 12.3 Å². The predicted molar refractivity (Wildman–Crippen MR) is 102 cm³/mol. The van der Waals surface area contributed by atoms with E-state index in [1.54, 1.807) is 12.1 Å². The number of hydrogen-bond donors (Lipinski definition) is 1. The molecule has 1 saturated heterocycles. The second-order valence-corrected chi connectivity index (χ2v) is 6.92. The zero-order chi connectivity index (χ0) is 23.0. The van der Waals surface area contributed by atoms with Gasteiger partial charge in [0.15, 0.2) is 12.2 Å². The first-order valence-corrected chi connectivity index (χ1v) is 9.44. The summed E-state index contributed by atoms with van der Waals surface area (Å²) in [6.07, 6.45) is -9.28. The fraction of sp³-hybridized carbons (Fsp3) is 0.316. The number of amides is 1. The SMILES string of the molecule is CCn1nnc(-c2ccc(-c3ccc(N4C[C@H](C(O)C(F)(F)F)OC4=O)cc3F)cn2)n1. The number of carbonyl (C=O) groups excluding carboxylic acids is 1. The zero-order valence-electron chi connectivity index (χ0n) is 16.5. The molecule has 1 unspecified atom stereocenters. The lowest BCUT2D eigenvalue weighted by atomic mass is 10.1. The molecule has 13 heteroatoms. The minimum absolute atomic E-state index is 0.00177. The van der Waals surface area contributed by atoms with E-state index in [4.69, 9.17) is 0 Å². The average molecular weight is 452 g/mol. The maximum Gasteiger partial charge on any atom is 0.418 e. The Kier molecular flexibility index (Phi) is 5.50. The third kappa shape index (κ3) is 4.10. The third-order valence-corrected chi connectivity index (χ3v) is 4.83. The molecule has 4 rings (SSSR count). The number of alkyl halides is 3. The number of benzene rings is 1. The van der Waals surface area contributed by atoms with E-state index in [-0.39, 0.29) is 11.3 Å². The van der Waals surface area contributed by atoms with Gasteiger partial charge in [0.05, 0.1) is 18.8 Å². The number of nitrogens with zero attached hydrogens (tertiary/aromatic N) is 6. The Hall–Kier alpha value is -3.61. The minimum Gasteiger partial charge on any atom is -0.441 e. The molecule has 0 aliphatic carbocycles. The molecule has 2 aromatic heterocycles. The molecular formula is C19H16F4N6O3. The van der Waals surface area contributed by atoms with Crippen LogP contribution in [0.5, 0.6) is 0 Å². The number of halogens is 4. The van der Waals surface area contributed by atoms with E-state index in [1.165, 1.54) is 23.1 Å². The van der Waals surface area contributed by atoms with Crippen molar-refractivity contribution in [2.75, 3.05) is 11.4 Å². The van der Waals surface area contributed by atoms with Gasteiger partial charge < -0.3 is 9.84 Å². The summed E-state index contributed by atoms with van der Waals surface area (Å²) in [5, 5.41) is 21.2. The Morgan fingerprint density at radius 1 is 1.28 bits per heavy atom. The fourth-order valence-corrected chi connectivity index (χ4v) is 3.14. The van der Waals surface area contributed by atoms with Crippen LogP contribution in [0.15, 0.2) is 36.5 Å². The Bertz CT molecular complexity index is 1130. The molecule has 0 saturated carbocycles. The minimum atomic E-state index is -4.95. The van der Waals surface area contributed by atoms with Gasteiger partial charge in [0.2, 0.25) is 5.82 Å². The highest BCUT2D eigenvalue weighted by Gasteiger charge is 2.49. The molecule has 1 fully saturated rings. The van der Waals surface area contributed by atoms with Crippen LogP contribution in [-0.4, -0.2) is 61.3 Å². The molecule has 1 N–H and O–H groups in total. The Labute approximate surface area is 178 Å². The van der Waals surface area contributed by atoms with Gasteiger partial charge in [-0.1, -0.05) is 6.07 Å². The molecule has 1 aromatic carbocycles. The molecule has 9 nitrogen and oxygen atoms in total. The topological polar surface area (TPSA) is 106 Å². The number of aryl methyl sites for hydroxylation is 1. The van der Waals surface area contributed by atoms with Gasteiger partial charge in [-0.3, -0.25) is 9.88 Å². The fourth-order valence-electron chi connectivity index (χ4n) is 3.14. The summed E-state index contributed by atoms with van der Waals surface area (Å²) in [5.74, 6) is -0.405. The highest BCUT2D eigenvalue weighted by molar-refractivity contribution is 5.90. The number of carbonyl (C=O) groups is 1. The van der Waals surface area contributed by atoms with E-state index in [9.17, 15) is 27.5 Å². The summed E-state index contributed by atoms with van der Waals surface area (Å²) in [6, 6.07) is 6.94. The lowest BCUT2D eigenvalue weighted by Crippen LogP contribution is -2.42. The molecule has 1 amide bonds. The van der Waals surface area contributed by atoms with Gasteiger partial charge in [0, 0.05) is 17.3 Å². The van der Waals surface area contributed by atoms with E-state index >= 15 is 0 Å². The highest BCUT2D eigenvalue weighted by Crippen LogP contribution is 2.32. The van der Waals surface area contributed by atoms with Gasteiger partial charge in [-0.2, -0.15) is 18.0 Å². The van der Waals surface area contributed by atoms with Crippen molar-refractivity contribution >= 4 is 11.8 Å². The third-order valence-electron chi connectivity index (χ3n) is 4.83. The maximum absolute atomic E-state index is 14.8. The number of aliphatic hydroxyl groups excluding tert-OH is 1. The number of aromatic nitrogens is 5. The second kappa shape index (κ2) is 8.15. The number of ether oxygens (including phenoxy) is 1. The number of pyridine rings is 1. The molecule has 0 spiro atoms. The van der Waals surface area contributed by atoms with Gasteiger partial charge in [-0.15, -0.1) is 10.2 Å². The smallest absolute Gasteiger partial charge is 0.418 e. The molecule has 3 heterocycles. The number of anilines is 1. The number of hydrogen-bond acceptors (Lipinski definition) is 7. The monoisotopic (exact) mass is 452 g/mol. The van der Waals surface area contributed by atoms with Crippen molar-refractivity contribution in [2.45, 2.75) is 31.9 Å². The lowest BCUT2D eigenvalue weighted by Gasteiger charge is -2.19. The van der Waals surface area contributed by atoms with Gasteiger partial charge in [-0.25, -0.2) is 9.18 Å². The van der Waals surface area contributed by atoms with Crippen LogP contribution >= 0.6 is 0 Å². The van der Waals surface area contributed by atoms with E-state index < -0.39 is 36.8 Å². The van der Waals surface area contributed by atoms with Gasteiger partial charge in [-0.05, 0) is 36.4 Å². The number of cyclic esters (lactones) is 1. The first kappa shape index (κ1) is 21.6. The molecule has 1 aliphatic heterocycles. The number of tetrazole rings is 1. The van der Waals surface area contributed by atoms with Crippen LogP contribution < -0.4 is 4.90 Å². The summed E-state index contributed by atoms with van der Waals surface area (Å²) in [5.41, 5.74) is 1.03. The van der Waals surface area contributed by atoms with Crippen LogP contribution in [0.2, 0.25) is 0 Å². The molecule has 168 valence electrons. The quantitative estimate of drug-likeness (QED) is 0.594. The normalized spacial score (nSPS) is 17.5. The van der Waals surface area contributed by atoms with Crippen LogP contribution in [0.4, 0.5) is 28.0 Å². The van der Waals surface area contributed by atoms with Crippen molar-refractivity contribution < 1.29 is 32.2 Å². The van der Waals surface area contributed by atoms with Crippen LogP contribution in [0.3, 0.4) is 0 Å².